The van der Waals surface area contributed by atoms with Gasteiger partial charge in [-0.05, 0) is 12.2 Å². The maximum atomic E-state index is 10.7. The van der Waals surface area contributed by atoms with Gasteiger partial charge in [-0.1, -0.05) is 0 Å². The van der Waals surface area contributed by atoms with Crippen LogP contribution in [-0.2, 0) is 4.79 Å². The largest absolute Gasteiger partial charge is 0.396 e. The molecule has 0 aliphatic carbocycles. The lowest BCUT2D eigenvalue weighted by molar-refractivity contribution is -0.120. The summed E-state index contributed by atoms with van der Waals surface area (Å²) >= 11 is 1.70. The first-order chi connectivity index (χ1) is 5.31. The molecule has 0 rings (SSSR count). The molecule has 0 aromatic rings. The zero-order valence-corrected chi connectivity index (χ0v) is 7.62. The summed E-state index contributed by atoms with van der Waals surface area (Å²) in [5.74, 6) is 1.87. The molecule has 0 spiro atoms. The highest BCUT2D eigenvalue weighted by Gasteiger charge is 1.96. The van der Waals surface area contributed by atoms with Crippen LogP contribution < -0.4 is 5.32 Å². The number of hydrogen-bond donors (Lipinski definition) is 2. The molecule has 0 heterocycles. The molecular weight excluding hydrogens is 162 g/mol. The number of rotatable bonds is 6. The van der Waals surface area contributed by atoms with Gasteiger partial charge >= 0.3 is 0 Å². The summed E-state index contributed by atoms with van der Waals surface area (Å²) in [4.78, 5) is 10.7. The van der Waals surface area contributed by atoms with Crippen molar-refractivity contribution in [1.82, 2.24) is 5.32 Å². The highest BCUT2D eigenvalue weighted by molar-refractivity contribution is 7.99. The lowest BCUT2D eigenvalue weighted by atomic mass is 10.5. The van der Waals surface area contributed by atoms with E-state index >= 15 is 0 Å². The van der Waals surface area contributed by atoms with Crippen LogP contribution in [0.1, 0.15) is 12.8 Å². The zero-order valence-electron chi connectivity index (χ0n) is 6.80. The van der Waals surface area contributed by atoms with E-state index in [2.05, 4.69) is 5.32 Å². The van der Waals surface area contributed by atoms with Crippen molar-refractivity contribution >= 4 is 17.7 Å². The topological polar surface area (TPSA) is 49.3 Å². The Hall–Kier alpha value is -0.220. The second-order valence-electron chi connectivity index (χ2n) is 2.11. The van der Waals surface area contributed by atoms with Gasteiger partial charge in [0.05, 0.1) is 0 Å². The van der Waals surface area contributed by atoms with Gasteiger partial charge in [0, 0.05) is 25.8 Å². The van der Waals surface area contributed by atoms with E-state index in [0.717, 1.165) is 17.9 Å². The van der Waals surface area contributed by atoms with E-state index in [1.54, 1.807) is 18.8 Å². The van der Waals surface area contributed by atoms with E-state index in [1.807, 2.05) is 0 Å². The van der Waals surface area contributed by atoms with Gasteiger partial charge in [-0.25, -0.2) is 0 Å². The maximum absolute atomic E-state index is 10.7. The molecule has 0 bridgehead atoms. The molecular formula is C7H15NO2S. The summed E-state index contributed by atoms with van der Waals surface area (Å²) in [7, 11) is 1.64. The summed E-state index contributed by atoms with van der Waals surface area (Å²) < 4.78 is 0. The molecule has 11 heavy (non-hydrogen) atoms. The van der Waals surface area contributed by atoms with Gasteiger partial charge in [0.25, 0.3) is 0 Å². The Bertz CT molecular complexity index is 109. The quantitative estimate of drug-likeness (QED) is 0.571. The molecule has 0 radical (unpaired) electrons. The van der Waals surface area contributed by atoms with Crippen molar-refractivity contribution < 1.29 is 9.90 Å². The molecule has 0 fully saturated rings. The van der Waals surface area contributed by atoms with Gasteiger partial charge in [0.1, 0.15) is 0 Å². The molecule has 0 aromatic carbocycles. The zero-order chi connectivity index (χ0) is 8.53. The molecule has 0 atom stereocenters. The van der Waals surface area contributed by atoms with Crippen molar-refractivity contribution in [3.63, 3.8) is 0 Å². The number of nitrogens with one attached hydrogen (secondary N) is 1. The van der Waals surface area contributed by atoms with Crippen LogP contribution in [0.2, 0.25) is 0 Å². The van der Waals surface area contributed by atoms with Crippen LogP contribution in [-0.4, -0.2) is 36.2 Å². The number of carbonyl (C=O) groups is 1. The Kier molecular flexibility index (Phi) is 7.72. The molecule has 3 nitrogen and oxygen atoms in total. The number of amides is 1. The second-order valence-corrected chi connectivity index (χ2v) is 3.34. The molecule has 0 aliphatic rings. The van der Waals surface area contributed by atoms with Crippen molar-refractivity contribution in [3.8, 4) is 0 Å². The minimum Gasteiger partial charge on any atom is -0.396 e. The Balaban J connectivity index is 2.95. The standard InChI is InChI=1S/C7H15NO2S/c1-8-7(10)3-6-11-5-2-4-9/h9H,2-6H2,1H3,(H,8,10). The molecule has 66 valence electrons. The van der Waals surface area contributed by atoms with Gasteiger partial charge in [0.15, 0.2) is 0 Å². The third-order valence-corrected chi connectivity index (χ3v) is 2.27. The SMILES string of the molecule is CNC(=O)CCSCCCO. The van der Waals surface area contributed by atoms with Gasteiger partial charge in [-0.2, -0.15) is 11.8 Å². The van der Waals surface area contributed by atoms with E-state index in [0.29, 0.717) is 6.42 Å². The lowest BCUT2D eigenvalue weighted by Crippen LogP contribution is -2.17. The second kappa shape index (κ2) is 7.88. The van der Waals surface area contributed by atoms with Gasteiger partial charge in [-0.3, -0.25) is 4.79 Å². The van der Waals surface area contributed by atoms with Crippen molar-refractivity contribution in [2.75, 3.05) is 25.2 Å². The summed E-state index contributed by atoms with van der Waals surface area (Å²) in [6, 6.07) is 0. The van der Waals surface area contributed by atoms with Crippen LogP contribution >= 0.6 is 11.8 Å². The van der Waals surface area contributed by atoms with Crippen LogP contribution in [0.5, 0.6) is 0 Å². The van der Waals surface area contributed by atoms with Gasteiger partial charge in [-0.15, -0.1) is 0 Å². The number of aliphatic hydroxyl groups excluding tert-OH is 1. The molecule has 0 unspecified atom stereocenters. The van der Waals surface area contributed by atoms with E-state index in [-0.39, 0.29) is 12.5 Å². The minimum atomic E-state index is 0.0847. The third kappa shape index (κ3) is 7.68. The normalized spacial score (nSPS) is 9.64. The summed E-state index contributed by atoms with van der Waals surface area (Å²) in [5.41, 5.74) is 0. The van der Waals surface area contributed by atoms with Crippen molar-refractivity contribution in [2.45, 2.75) is 12.8 Å². The molecule has 0 saturated carbocycles. The summed E-state index contributed by atoms with van der Waals surface area (Å²) in [6.07, 6.45) is 1.39. The van der Waals surface area contributed by atoms with E-state index in [1.165, 1.54) is 0 Å². The van der Waals surface area contributed by atoms with Crippen molar-refractivity contribution in [1.29, 1.82) is 0 Å². The first kappa shape index (κ1) is 10.8. The minimum absolute atomic E-state index is 0.0847. The summed E-state index contributed by atoms with van der Waals surface area (Å²) in [5, 5.41) is 11.0. The Labute approximate surface area is 71.6 Å². The molecule has 1 amide bonds. The number of hydrogen-bond acceptors (Lipinski definition) is 3. The predicted molar refractivity (Wildman–Crippen MR) is 47.7 cm³/mol. The van der Waals surface area contributed by atoms with Crippen LogP contribution in [0, 0.1) is 0 Å². The average Bonchev–Trinajstić information content (AvgIpc) is 2.04. The number of thioether (sulfide) groups is 1. The van der Waals surface area contributed by atoms with Crippen molar-refractivity contribution in [2.24, 2.45) is 0 Å². The highest BCUT2D eigenvalue weighted by Crippen LogP contribution is 2.03. The average molecular weight is 177 g/mol. The molecule has 0 aliphatic heterocycles. The monoisotopic (exact) mass is 177 g/mol. The fourth-order valence-corrected chi connectivity index (χ4v) is 1.43. The molecule has 0 aromatic heterocycles. The van der Waals surface area contributed by atoms with Crippen LogP contribution in [0.3, 0.4) is 0 Å². The fraction of sp³-hybridized carbons (Fsp3) is 0.857. The fourth-order valence-electron chi connectivity index (χ4n) is 0.559. The highest BCUT2D eigenvalue weighted by atomic mass is 32.2. The lowest BCUT2D eigenvalue weighted by Gasteiger charge is -1.98. The van der Waals surface area contributed by atoms with E-state index in [4.69, 9.17) is 5.11 Å². The summed E-state index contributed by atoms with van der Waals surface area (Å²) in [6.45, 7) is 0.243. The van der Waals surface area contributed by atoms with Gasteiger partial charge in [0.2, 0.25) is 5.91 Å². The molecule has 0 saturated heterocycles. The number of aliphatic hydroxyl groups is 1. The Morgan fingerprint density at radius 1 is 1.55 bits per heavy atom. The van der Waals surface area contributed by atoms with Crippen LogP contribution in [0.4, 0.5) is 0 Å². The third-order valence-electron chi connectivity index (χ3n) is 1.20. The molecule has 4 heteroatoms. The van der Waals surface area contributed by atoms with E-state index < -0.39 is 0 Å². The Morgan fingerprint density at radius 2 is 2.27 bits per heavy atom. The Morgan fingerprint density at radius 3 is 2.82 bits per heavy atom. The maximum Gasteiger partial charge on any atom is 0.220 e. The predicted octanol–water partition coefficient (Wildman–Crippen LogP) is 0.238. The molecule has 2 N–H and O–H groups in total. The van der Waals surface area contributed by atoms with Crippen molar-refractivity contribution in [3.05, 3.63) is 0 Å². The van der Waals surface area contributed by atoms with E-state index in [9.17, 15) is 4.79 Å². The van der Waals surface area contributed by atoms with Gasteiger partial charge < -0.3 is 10.4 Å². The van der Waals surface area contributed by atoms with Crippen LogP contribution in [0.15, 0.2) is 0 Å². The number of carbonyl (C=O) groups excluding carboxylic acids is 1. The smallest absolute Gasteiger partial charge is 0.220 e. The van der Waals surface area contributed by atoms with Crippen LogP contribution in [0.25, 0.3) is 0 Å². The first-order valence-electron chi connectivity index (χ1n) is 3.70. The first-order valence-corrected chi connectivity index (χ1v) is 4.86.